The minimum atomic E-state index is -0.979. The summed E-state index contributed by atoms with van der Waals surface area (Å²) in [4.78, 5) is 14.8. The molecule has 2 aliphatic heterocycles. The molecule has 2 aromatic rings. The predicted molar refractivity (Wildman–Crippen MR) is 116 cm³/mol. The number of piperidine rings is 2. The quantitative estimate of drug-likeness (QED) is 0.778. The smallest absolute Gasteiger partial charge is 0.410 e. The van der Waals surface area contributed by atoms with E-state index in [0.717, 1.165) is 48.8 Å². The van der Waals surface area contributed by atoms with E-state index in [-0.39, 0.29) is 30.2 Å². The van der Waals surface area contributed by atoms with Gasteiger partial charge in [-0.05, 0) is 48.8 Å². The Bertz CT molecular complexity index is 995. The number of hydrogen-bond acceptors (Lipinski definition) is 4. The largest absolute Gasteiger partial charge is 0.445 e. The lowest BCUT2D eigenvalue weighted by Gasteiger charge is -2.51. The summed E-state index contributed by atoms with van der Waals surface area (Å²) >= 11 is 0. The molecule has 1 aliphatic carbocycles. The summed E-state index contributed by atoms with van der Waals surface area (Å²) in [7, 11) is 0. The number of hydrogen-bond donors (Lipinski definition) is 1. The zero-order valence-corrected chi connectivity index (χ0v) is 17.7. The molecule has 5 heteroatoms. The Balaban J connectivity index is 1.33. The molecule has 2 bridgehead atoms. The molecule has 1 N–H and O–H groups in total. The molecule has 2 atom stereocenters. The van der Waals surface area contributed by atoms with Crippen molar-refractivity contribution in [3.05, 3.63) is 71.3 Å². The molecule has 2 saturated heterocycles. The first kappa shape index (κ1) is 20.1. The maximum atomic E-state index is 13.0. The van der Waals surface area contributed by atoms with Crippen molar-refractivity contribution in [1.29, 1.82) is 5.26 Å². The van der Waals surface area contributed by atoms with Crippen molar-refractivity contribution in [2.45, 2.75) is 74.7 Å². The molecule has 0 spiro atoms. The van der Waals surface area contributed by atoms with Crippen molar-refractivity contribution in [2.75, 3.05) is 0 Å². The minimum Gasteiger partial charge on any atom is -0.445 e. The van der Waals surface area contributed by atoms with Crippen LogP contribution in [0.2, 0.25) is 0 Å². The number of ether oxygens (including phenoxy) is 1. The van der Waals surface area contributed by atoms with Crippen LogP contribution >= 0.6 is 0 Å². The van der Waals surface area contributed by atoms with Gasteiger partial charge < -0.3 is 14.7 Å². The van der Waals surface area contributed by atoms with Gasteiger partial charge in [0.05, 0.1) is 17.1 Å². The number of carbonyl (C=O) groups is 1. The van der Waals surface area contributed by atoms with E-state index in [1.807, 2.05) is 59.5 Å². The molecule has 1 saturated carbocycles. The van der Waals surface area contributed by atoms with E-state index in [9.17, 15) is 15.2 Å². The van der Waals surface area contributed by atoms with Crippen molar-refractivity contribution in [2.24, 2.45) is 0 Å². The third kappa shape index (κ3) is 3.70. The molecule has 31 heavy (non-hydrogen) atoms. The van der Waals surface area contributed by atoms with Gasteiger partial charge in [-0.3, -0.25) is 0 Å². The van der Waals surface area contributed by atoms with Crippen LogP contribution in [0, 0.1) is 11.3 Å². The zero-order chi connectivity index (χ0) is 21.5. The summed E-state index contributed by atoms with van der Waals surface area (Å²) in [5, 5.41) is 21.2. The summed E-state index contributed by atoms with van der Waals surface area (Å²) in [6.07, 6.45) is 5.32. The molecule has 5 rings (SSSR count). The lowest BCUT2D eigenvalue weighted by atomic mass is 9.72. The van der Waals surface area contributed by atoms with E-state index in [0.29, 0.717) is 12.8 Å². The Kier molecular flexibility index (Phi) is 4.98. The van der Waals surface area contributed by atoms with Crippen LogP contribution in [-0.2, 0) is 22.4 Å². The molecule has 3 fully saturated rings. The SMILES string of the molecule is N#CC1(c2cccc(C3(O)CC4CCCC(C3)N4C(=O)OCc3ccccc3)c2)CC1. The van der Waals surface area contributed by atoms with Crippen LogP contribution in [0.1, 0.15) is 61.6 Å². The molecule has 2 aromatic carbocycles. The fourth-order valence-corrected chi connectivity index (χ4v) is 5.45. The number of amides is 1. The average molecular weight is 417 g/mol. The average Bonchev–Trinajstić information content (AvgIpc) is 3.59. The molecule has 5 nitrogen and oxygen atoms in total. The standard InChI is InChI=1S/C26H28N2O3/c27-18-25(12-13-25)20-8-4-9-21(14-20)26(30)15-22-10-5-11-23(16-26)28(22)24(29)31-17-19-6-2-1-3-7-19/h1-4,6-9,14,22-23,30H,5,10-13,15-17H2. The highest BCUT2D eigenvalue weighted by atomic mass is 16.6. The van der Waals surface area contributed by atoms with Crippen LogP contribution in [0.15, 0.2) is 54.6 Å². The molecule has 2 unspecified atom stereocenters. The normalized spacial score (nSPS) is 28.5. The number of carbonyl (C=O) groups excluding carboxylic acids is 1. The van der Waals surface area contributed by atoms with E-state index in [1.54, 1.807) is 0 Å². The van der Waals surface area contributed by atoms with E-state index < -0.39 is 5.60 Å². The van der Waals surface area contributed by atoms with Crippen molar-refractivity contribution < 1.29 is 14.6 Å². The predicted octanol–water partition coefficient (Wildman–Crippen LogP) is 4.78. The van der Waals surface area contributed by atoms with E-state index >= 15 is 0 Å². The van der Waals surface area contributed by atoms with Gasteiger partial charge in [0.1, 0.15) is 6.61 Å². The Hall–Kier alpha value is -2.84. The van der Waals surface area contributed by atoms with E-state index in [2.05, 4.69) is 6.07 Å². The van der Waals surface area contributed by atoms with Crippen LogP contribution < -0.4 is 0 Å². The van der Waals surface area contributed by atoms with Gasteiger partial charge in [-0.25, -0.2) is 4.79 Å². The van der Waals surface area contributed by atoms with Gasteiger partial charge in [0.15, 0.2) is 0 Å². The van der Waals surface area contributed by atoms with Crippen LogP contribution in [0.3, 0.4) is 0 Å². The summed E-state index contributed by atoms with van der Waals surface area (Å²) in [6, 6.07) is 20.0. The second kappa shape index (κ2) is 7.69. The Morgan fingerprint density at radius 1 is 1.06 bits per heavy atom. The first-order valence-corrected chi connectivity index (χ1v) is 11.3. The van der Waals surface area contributed by atoms with Gasteiger partial charge in [-0.15, -0.1) is 0 Å². The zero-order valence-electron chi connectivity index (χ0n) is 17.7. The Morgan fingerprint density at radius 2 is 1.74 bits per heavy atom. The molecule has 1 amide bonds. The van der Waals surface area contributed by atoms with Gasteiger partial charge in [0, 0.05) is 24.9 Å². The fraction of sp³-hybridized carbons (Fsp3) is 0.462. The van der Waals surface area contributed by atoms with Gasteiger partial charge in [-0.2, -0.15) is 5.26 Å². The molecule has 0 radical (unpaired) electrons. The fourth-order valence-electron chi connectivity index (χ4n) is 5.45. The first-order valence-electron chi connectivity index (χ1n) is 11.3. The second-order valence-corrected chi connectivity index (χ2v) is 9.40. The number of nitrogens with zero attached hydrogens (tertiary/aromatic N) is 2. The van der Waals surface area contributed by atoms with Gasteiger partial charge >= 0.3 is 6.09 Å². The highest BCUT2D eigenvalue weighted by Crippen LogP contribution is 2.50. The molecule has 160 valence electrons. The summed E-state index contributed by atoms with van der Waals surface area (Å²) < 4.78 is 5.63. The highest BCUT2D eigenvalue weighted by Gasteiger charge is 2.50. The summed E-state index contributed by atoms with van der Waals surface area (Å²) in [5.74, 6) is 0. The molecule has 3 aliphatic rings. The van der Waals surface area contributed by atoms with Crippen LogP contribution in [-0.4, -0.2) is 28.2 Å². The lowest BCUT2D eigenvalue weighted by Crippen LogP contribution is -2.58. The van der Waals surface area contributed by atoms with Crippen LogP contribution in [0.25, 0.3) is 0 Å². The monoisotopic (exact) mass is 416 g/mol. The maximum Gasteiger partial charge on any atom is 0.410 e. The van der Waals surface area contributed by atoms with Crippen molar-refractivity contribution >= 4 is 6.09 Å². The van der Waals surface area contributed by atoms with Crippen LogP contribution in [0.4, 0.5) is 4.79 Å². The molecular formula is C26H28N2O3. The van der Waals surface area contributed by atoms with Crippen LogP contribution in [0.5, 0.6) is 0 Å². The molecular weight excluding hydrogens is 388 g/mol. The second-order valence-electron chi connectivity index (χ2n) is 9.40. The number of aliphatic hydroxyl groups is 1. The third-order valence-corrected chi connectivity index (χ3v) is 7.34. The van der Waals surface area contributed by atoms with Gasteiger partial charge in [-0.1, -0.05) is 54.6 Å². The number of benzene rings is 2. The van der Waals surface area contributed by atoms with Gasteiger partial charge in [0.2, 0.25) is 0 Å². The summed E-state index contributed by atoms with van der Waals surface area (Å²) in [6.45, 7) is 0.262. The topological polar surface area (TPSA) is 73.6 Å². The van der Waals surface area contributed by atoms with Crippen molar-refractivity contribution in [3.63, 3.8) is 0 Å². The summed E-state index contributed by atoms with van der Waals surface area (Å²) in [5.41, 5.74) is 1.51. The Labute approximate surface area is 183 Å². The van der Waals surface area contributed by atoms with E-state index in [4.69, 9.17) is 4.74 Å². The molecule has 2 heterocycles. The number of nitriles is 1. The van der Waals surface area contributed by atoms with E-state index in [1.165, 1.54) is 0 Å². The number of fused-ring (bicyclic) bond motifs is 2. The maximum absolute atomic E-state index is 13.0. The third-order valence-electron chi connectivity index (χ3n) is 7.34. The Morgan fingerprint density at radius 3 is 2.39 bits per heavy atom. The van der Waals surface area contributed by atoms with Gasteiger partial charge in [0.25, 0.3) is 0 Å². The highest BCUT2D eigenvalue weighted by molar-refractivity contribution is 5.69. The minimum absolute atomic E-state index is 0.0321. The molecule has 0 aromatic heterocycles. The van der Waals surface area contributed by atoms with Crippen molar-refractivity contribution in [3.8, 4) is 6.07 Å². The lowest BCUT2D eigenvalue weighted by molar-refractivity contribution is -0.0896. The number of rotatable bonds is 4. The van der Waals surface area contributed by atoms with Crippen molar-refractivity contribution in [1.82, 2.24) is 4.90 Å². The first-order chi connectivity index (χ1) is 15.0.